The highest BCUT2D eigenvalue weighted by atomic mass is 35.5. The number of nitrogens with zero attached hydrogens (tertiary/aromatic N) is 1. The van der Waals surface area contributed by atoms with Gasteiger partial charge in [-0.25, -0.2) is 12.8 Å². The molecular formula is C11H15Cl2FN2O2S. The number of rotatable bonds is 3. The Hall–Kier alpha value is -0.400. The second-order valence-electron chi connectivity index (χ2n) is 4.31. The van der Waals surface area contributed by atoms with Crippen molar-refractivity contribution in [2.45, 2.75) is 11.3 Å². The molecule has 0 aliphatic carbocycles. The van der Waals surface area contributed by atoms with Crippen LogP contribution in [0, 0.1) is 11.7 Å². The van der Waals surface area contributed by atoms with Gasteiger partial charge >= 0.3 is 0 Å². The van der Waals surface area contributed by atoms with E-state index in [1.54, 1.807) is 0 Å². The van der Waals surface area contributed by atoms with Crippen LogP contribution in [0.2, 0.25) is 5.02 Å². The van der Waals surface area contributed by atoms with E-state index in [0.29, 0.717) is 26.1 Å². The Labute approximate surface area is 123 Å². The van der Waals surface area contributed by atoms with E-state index in [1.165, 1.54) is 22.5 Å². The van der Waals surface area contributed by atoms with Crippen molar-refractivity contribution in [2.24, 2.45) is 11.7 Å². The minimum Gasteiger partial charge on any atom is -0.330 e. The summed E-state index contributed by atoms with van der Waals surface area (Å²) in [5.41, 5.74) is 5.52. The summed E-state index contributed by atoms with van der Waals surface area (Å²) in [5.74, 6) is -0.752. The highest BCUT2D eigenvalue weighted by Crippen LogP contribution is 2.28. The fourth-order valence-corrected chi connectivity index (χ4v) is 3.88. The summed E-state index contributed by atoms with van der Waals surface area (Å²) < 4.78 is 39.5. The molecule has 1 fully saturated rings. The zero-order valence-corrected chi connectivity index (χ0v) is 12.4. The summed E-state index contributed by atoms with van der Waals surface area (Å²) in [4.78, 5) is -0.368. The normalized spacial score (nSPS) is 20.3. The minimum absolute atomic E-state index is 0. The molecule has 1 saturated heterocycles. The molecule has 0 amide bonds. The second kappa shape index (κ2) is 6.37. The van der Waals surface area contributed by atoms with Crippen LogP contribution >= 0.6 is 24.0 Å². The van der Waals surface area contributed by atoms with Gasteiger partial charge in [-0.1, -0.05) is 17.7 Å². The first kappa shape index (κ1) is 16.7. The highest BCUT2D eigenvalue weighted by Gasteiger charge is 2.33. The van der Waals surface area contributed by atoms with E-state index in [4.69, 9.17) is 17.3 Å². The van der Waals surface area contributed by atoms with Gasteiger partial charge in [-0.2, -0.15) is 4.31 Å². The molecule has 0 radical (unpaired) electrons. The number of hydrogen-bond acceptors (Lipinski definition) is 3. The molecule has 1 atom stereocenters. The summed E-state index contributed by atoms with van der Waals surface area (Å²) in [5, 5.41) is -0.189. The summed E-state index contributed by atoms with van der Waals surface area (Å²) in [7, 11) is -3.82. The van der Waals surface area contributed by atoms with Gasteiger partial charge in [-0.3, -0.25) is 0 Å². The molecule has 19 heavy (non-hydrogen) atoms. The van der Waals surface area contributed by atoms with Crippen molar-refractivity contribution in [2.75, 3.05) is 19.6 Å². The first-order valence-electron chi connectivity index (χ1n) is 5.61. The van der Waals surface area contributed by atoms with Crippen molar-refractivity contribution in [1.29, 1.82) is 0 Å². The predicted octanol–water partition coefficient (Wildman–Crippen LogP) is 1.87. The molecule has 0 spiro atoms. The molecule has 0 bridgehead atoms. The van der Waals surface area contributed by atoms with Crippen LogP contribution in [0.5, 0.6) is 0 Å². The molecule has 2 N–H and O–H groups in total. The highest BCUT2D eigenvalue weighted by molar-refractivity contribution is 7.89. The molecule has 1 heterocycles. The first-order chi connectivity index (χ1) is 8.46. The average molecular weight is 329 g/mol. The zero-order chi connectivity index (χ0) is 13.3. The Balaban J connectivity index is 0.00000180. The summed E-state index contributed by atoms with van der Waals surface area (Å²) >= 11 is 5.60. The molecule has 1 aliphatic rings. The van der Waals surface area contributed by atoms with Gasteiger partial charge in [0.2, 0.25) is 10.0 Å². The molecule has 0 aromatic heterocycles. The standard InChI is InChI=1S/C11H14ClFN2O2S.ClH/c12-9-2-1-3-10(11(9)13)18(16,17)15-5-4-8(6-14)7-15;/h1-3,8H,4-7,14H2;1H. The number of hydrogen-bond donors (Lipinski definition) is 1. The maximum Gasteiger partial charge on any atom is 0.246 e. The molecule has 8 heteroatoms. The molecular weight excluding hydrogens is 314 g/mol. The van der Waals surface area contributed by atoms with E-state index in [2.05, 4.69) is 0 Å². The summed E-state index contributed by atoms with van der Waals surface area (Å²) in [6.07, 6.45) is 0.706. The molecule has 0 saturated carbocycles. The summed E-state index contributed by atoms with van der Waals surface area (Å²) in [6, 6.07) is 3.98. The van der Waals surface area contributed by atoms with E-state index in [1.807, 2.05) is 0 Å². The lowest BCUT2D eigenvalue weighted by atomic mass is 10.1. The van der Waals surface area contributed by atoms with Crippen molar-refractivity contribution < 1.29 is 12.8 Å². The number of benzene rings is 1. The van der Waals surface area contributed by atoms with Gasteiger partial charge in [0.05, 0.1) is 5.02 Å². The Kier molecular flexibility index (Phi) is 5.58. The summed E-state index contributed by atoms with van der Waals surface area (Å²) in [6.45, 7) is 1.14. The molecule has 4 nitrogen and oxygen atoms in total. The van der Waals surface area contributed by atoms with Crippen LogP contribution in [0.3, 0.4) is 0 Å². The lowest BCUT2D eigenvalue weighted by Gasteiger charge is -2.17. The average Bonchev–Trinajstić information content (AvgIpc) is 2.81. The first-order valence-corrected chi connectivity index (χ1v) is 7.43. The fourth-order valence-electron chi connectivity index (χ4n) is 2.03. The third-order valence-corrected chi connectivity index (χ3v) is 5.29. The fraction of sp³-hybridized carbons (Fsp3) is 0.455. The zero-order valence-electron chi connectivity index (χ0n) is 10.1. The van der Waals surface area contributed by atoms with E-state index in [-0.39, 0.29) is 28.2 Å². The molecule has 108 valence electrons. The monoisotopic (exact) mass is 328 g/mol. The van der Waals surface area contributed by atoms with Gasteiger partial charge < -0.3 is 5.73 Å². The molecule has 1 aromatic carbocycles. The van der Waals surface area contributed by atoms with Gasteiger partial charge in [0, 0.05) is 13.1 Å². The van der Waals surface area contributed by atoms with Crippen molar-refractivity contribution in [3.8, 4) is 0 Å². The van der Waals surface area contributed by atoms with Gasteiger partial charge in [0.15, 0.2) is 5.82 Å². The van der Waals surface area contributed by atoms with Crippen molar-refractivity contribution in [1.82, 2.24) is 4.31 Å². The van der Waals surface area contributed by atoms with Crippen molar-refractivity contribution in [3.63, 3.8) is 0 Å². The molecule has 1 aliphatic heterocycles. The van der Waals surface area contributed by atoms with Crippen LogP contribution in [0.4, 0.5) is 4.39 Å². The van der Waals surface area contributed by atoms with E-state index < -0.39 is 15.8 Å². The van der Waals surface area contributed by atoms with Crippen LogP contribution in [0.15, 0.2) is 23.1 Å². The third-order valence-electron chi connectivity index (χ3n) is 3.12. The van der Waals surface area contributed by atoms with Gasteiger partial charge in [-0.15, -0.1) is 12.4 Å². The quantitative estimate of drug-likeness (QED) is 0.921. The lowest BCUT2D eigenvalue weighted by Crippen LogP contribution is -2.30. The number of sulfonamides is 1. The van der Waals surface area contributed by atoms with E-state index in [9.17, 15) is 12.8 Å². The minimum atomic E-state index is -3.82. The van der Waals surface area contributed by atoms with E-state index in [0.717, 1.165) is 0 Å². The lowest BCUT2D eigenvalue weighted by molar-refractivity contribution is 0.453. The Morgan fingerprint density at radius 1 is 1.47 bits per heavy atom. The molecule has 1 unspecified atom stereocenters. The predicted molar refractivity (Wildman–Crippen MR) is 74.6 cm³/mol. The maximum atomic E-state index is 13.8. The van der Waals surface area contributed by atoms with Crippen LogP contribution in [-0.2, 0) is 10.0 Å². The third kappa shape index (κ3) is 3.20. The topological polar surface area (TPSA) is 63.4 Å². The largest absolute Gasteiger partial charge is 0.330 e. The van der Waals surface area contributed by atoms with Crippen LogP contribution in [0.25, 0.3) is 0 Å². The molecule has 2 rings (SSSR count). The van der Waals surface area contributed by atoms with Crippen molar-refractivity contribution in [3.05, 3.63) is 29.0 Å². The Bertz CT molecular complexity index is 554. The maximum absolute atomic E-state index is 13.8. The van der Waals surface area contributed by atoms with Crippen LogP contribution in [0.1, 0.15) is 6.42 Å². The van der Waals surface area contributed by atoms with Gasteiger partial charge in [0.1, 0.15) is 4.90 Å². The number of halogens is 3. The Morgan fingerprint density at radius 2 is 2.16 bits per heavy atom. The smallest absolute Gasteiger partial charge is 0.246 e. The van der Waals surface area contributed by atoms with Gasteiger partial charge in [-0.05, 0) is 31.0 Å². The molecule has 1 aromatic rings. The Morgan fingerprint density at radius 3 is 2.74 bits per heavy atom. The number of nitrogens with two attached hydrogens (primary N) is 1. The SMILES string of the molecule is Cl.NCC1CCN(S(=O)(=O)c2cccc(Cl)c2F)C1. The van der Waals surface area contributed by atoms with Crippen LogP contribution in [-0.4, -0.2) is 32.4 Å². The van der Waals surface area contributed by atoms with Crippen molar-refractivity contribution >= 4 is 34.0 Å². The second-order valence-corrected chi connectivity index (χ2v) is 6.62. The van der Waals surface area contributed by atoms with E-state index >= 15 is 0 Å². The van der Waals surface area contributed by atoms with Gasteiger partial charge in [0.25, 0.3) is 0 Å². The van der Waals surface area contributed by atoms with Crippen LogP contribution < -0.4 is 5.73 Å².